The van der Waals surface area contributed by atoms with Gasteiger partial charge in [0.15, 0.2) is 0 Å². The molecule has 0 amide bonds. The van der Waals surface area contributed by atoms with Crippen molar-refractivity contribution in [1.82, 2.24) is 4.90 Å². The number of β-amino-alcohol motifs (C(OH)–C–C–N with tert-alkyl or cyclic N) is 1. The summed E-state index contributed by atoms with van der Waals surface area (Å²) in [6, 6.07) is 0.211. The van der Waals surface area contributed by atoms with E-state index in [9.17, 15) is 10.2 Å². The number of piperidine rings is 1. The third-order valence-electron chi connectivity index (χ3n) is 3.00. The summed E-state index contributed by atoms with van der Waals surface area (Å²) in [6.07, 6.45) is 0.172. The monoisotopic (exact) mass is 173 g/mol. The Morgan fingerprint density at radius 2 is 2.00 bits per heavy atom. The van der Waals surface area contributed by atoms with Gasteiger partial charge in [-0.25, -0.2) is 0 Å². The summed E-state index contributed by atoms with van der Waals surface area (Å²) in [5.41, 5.74) is 0. The molecule has 12 heavy (non-hydrogen) atoms. The van der Waals surface area contributed by atoms with E-state index in [2.05, 4.69) is 6.92 Å². The van der Waals surface area contributed by atoms with Gasteiger partial charge in [-0.15, -0.1) is 0 Å². The van der Waals surface area contributed by atoms with Crippen molar-refractivity contribution in [2.45, 2.75) is 38.5 Å². The smallest absolute Gasteiger partial charge is 0.0745 e. The number of aliphatic hydroxyl groups is 2. The molecule has 1 heterocycles. The molecule has 1 rings (SSSR count). The van der Waals surface area contributed by atoms with Crippen LogP contribution in [-0.4, -0.2) is 47.0 Å². The van der Waals surface area contributed by atoms with Crippen LogP contribution in [0.1, 0.15) is 20.3 Å². The van der Waals surface area contributed by atoms with Gasteiger partial charge in [-0.05, 0) is 13.5 Å². The van der Waals surface area contributed by atoms with Gasteiger partial charge in [0.1, 0.15) is 0 Å². The van der Waals surface area contributed by atoms with E-state index in [0.717, 1.165) is 6.42 Å². The minimum atomic E-state index is -0.385. The van der Waals surface area contributed by atoms with Crippen molar-refractivity contribution in [2.24, 2.45) is 5.92 Å². The highest BCUT2D eigenvalue weighted by Gasteiger charge is 2.36. The first-order valence-electron chi connectivity index (χ1n) is 4.64. The van der Waals surface area contributed by atoms with Crippen LogP contribution in [0.5, 0.6) is 0 Å². The molecule has 0 spiro atoms. The minimum Gasteiger partial charge on any atom is -0.391 e. The summed E-state index contributed by atoms with van der Waals surface area (Å²) in [7, 11) is 1.95. The van der Waals surface area contributed by atoms with Crippen molar-refractivity contribution in [2.75, 3.05) is 13.6 Å². The second-order valence-corrected chi connectivity index (χ2v) is 3.83. The van der Waals surface area contributed by atoms with Gasteiger partial charge in [0.25, 0.3) is 0 Å². The molecule has 1 aliphatic rings. The van der Waals surface area contributed by atoms with Gasteiger partial charge < -0.3 is 10.2 Å². The third-order valence-corrected chi connectivity index (χ3v) is 3.00. The Labute approximate surface area is 74.0 Å². The van der Waals surface area contributed by atoms with Gasteiger partial charge >= 0.3 is 0 Å². The van der Waals surface area contributed by atoms with Crippen molar-refractivity contribution >= 4 is 0 Å². The lowest BCUT2D eigenvalue weighted by molar-refractivity contribution is -0.0817. The minimum absolute atomic E-state index is 0.00569. The van der Waals surface area contributed by atoms with Crippen LogP contribution in [-0.2, 0) is 0 Å². The molecular formula is C9H19NO2. The largest absolute Gasteiger partial charge is 0.391 e. The van der Waals surface area contributed by atoms with E-state index in [0.29, 0.717) is 6.54 Å². The van der Waals surface area contributed by atoms with Gasteiger partial charge in [-0.3, -0.25) is 4.90 Å². The van der Waals surface area contributed by atoms with Crippen LogP contribution in [0.25, 0.3) is 0 Å². The summed E-state index contributed by atoms with van der Waals surface area (Å²) in [5.74, 6) is 0.00569. The van der Waals surface area contributed by atoms with E-state index in [-0.39, 0.29) is 24.2 Å². The predicted molar refractivity (Wildman–Crippen MR) is 47.9 cm³/mol. The normalized spacial score (nSPS) is 44.8. The molecule has 3 heteroatoms. The standard InChI is InChI=1S/C9H19NO2/c1-4-7-9(12)6(2)8(11)5-10(7)3/h6-9,11-12H,4-5H2,1-3H3/t6-,7-,8+,9+/m1/s1. The van der Waals surface area contributed by atoms with Crippen LogP contribution in [0, 0.1) is 5.92 Å². The lowest BCUT2D eigenvalue weighted by atomic mass is 9.86. The zero-order valence-corrected chi connectivity index (χ0v) is 8.07. The van der Waals surface area contributed by atoms with Crippen molar-refractivity contribution in [1.29, 1.82) is 0 Å². The lowest BCUT2D eigenvalue weighted by Gasteiger charge is -2.42. The van der Waals surface area contributed by atoms with Crippen molar-refractivity contribution in [3.8, 4) is 0 Å². The van der Waals surface area contributed by atoms with E-state index in [1.54, 1.807) is 0 Å². The summed E-state index contributed by atoms with van der Waals surface area (Å²) in [4.78, 5) is 2.04. The number of likely N-dealkylation sites (tertiary alicyclic amines) is 1. The average Bonchev–Trinajstić information content (AvgIpc) is 2.01. The molecule has 1 saturated heterocycles. The van der Waals surface area contributed by atoms with Gasteiger partial charge in [-0.2, -0.15) is 0 Å². The summed E-state index contributed by atoms with van der Waals surface area (Å²) in [6.45, 7) is 4.65. The molecule has 0 aromatic carbocycles. The van der Waals surface area contributed by atoms with E-state index in [4.69, 9.17) is 0 Å². The Balaban J connectivity index is 2.65. The Bertz CT molecular complexity index is 151. The first-order chi connectivity index (χ1) is 5.57. The average molecular weight is 173 g/mol. The Kier molecular flexibility index (Phi) is 3.09. The van der Waals surface area contributed by atoms with Crippen LogP contribution in [0.15, 0.2) is 0 Å². The molecule has 0 radical (unpaired) electrons. The second kappa shape index (κ2) is 3.73. The molecule has 0 bridgehead atoms. The fourth-order valence-electron chi connectivity index (χ4n) is 1.99. The van der Waals surface area contributed by atoms with Gasteiger partial charge in [-0.1, -0.05) is 13.8 Å². The summed E-state index contributed by atoms with van der Waals surface area (Å²) in [5, 5.41) is 19.3. The number of nitrogens with zero attached hydrogens (tertiary/aromatic N) is 1. The van der Waals surface area contributed by atoms with Crippen molar-refractivity contribution in [3.05, 3.63) is 0 Å². The molecule has 2 N–H and O–H groups in total. The fourth-order valence-corrected chi connectivity index (χ4v) is 1.99. The van der Waals surface area contributed by atoms with Crippen molar-refractivity contribution in [3.63, 3.8) is 0 Å². The topological polar surface area (TPSA) is 43.7 Å². The van der Waals surface area contributed by atoms with Crippen LogP contribution in [0.3, 0.4) is 0 Å². The Hall–Kier alpha value is -0.120. The van der Waals surface area contributed by atoms with E-state index in [1.807, 2.05) is 18.9 Å². The molecule has 0 aromatic rings. The van der Waals surface area contributed by atoms with Crippen LogP contribution in [0.4, 0.5) is 0 Å². The molecule has 1 aliphatic heterocycles. The number of likely N-dealkylation sites (N-methyl/N-ethyl adjacent to an activating group) is 1. The number of hydrogen-bond donors (Lipinski definition) is 2. The van der Waals surface area contributed by atoms with E-state index < -0.39 is 0 Å². The molecular weight excluding hydrogens is 154 g/mol. The quantitative estimate of drug-likeness (QED) is 0.589. The Morgan fingerprint density at radius 1 is 1.42 bits per heavy atom. The highest BCUT2D eigenvalue weighted by molar-refractivity contribution is 4.90. The van der Waals surface area contributed by atoms with Gasteiger partial charge in [0.05, 0.1) is 12.2 Å². The predicted octanol–water partition coefficient (Wildman–Crippen LogP) is 0.0683. The van der Waals surface area contributed by atoms with Gasteiger partial charge in [0.2, 0.25) is 0 Å². The molecule has 0 saturated carbocycles. The van der Waals surface area contributed by atoms with Gasteiger partial charge in [0, 0.05) is 18.5 Å². The Morgan fingerprint density at radius 3 is 2.50 bits per heavy atom. The molecule has 4 atom stereocenters. The molecule has 0 unspecified atom stereocenters. The maximum absolute atomic E-state index is 9.78. The number of hydrogen-bond acceptors (Lipinski definition) is 3. The molecule has 0 aromatic heterocycles. The zero-order chi connectivity index (χ0) is 9.30. The maximum atomic E-state index is 9.78. The lowest BCUT2D eigenvalue weighted by Crippen LogP contribution is -2.55. The SMILES string of the molecule is CC[C@@H]1[C@@H](O)[C@H](C)[C@@H](O)CN1C. The third kappa shape index (κ3) is 1.63. The van der Waals surface area contributed by atoms with Crippen LogP contribution < -0.4 is 0 Å². The first kappa shape index (κ1) is 9.96. The molecule has 3 nitrogen and oxygen atoms in total. The second-order valence-electron chi connectivity index (χ2n) is 3.83. The highest BCUT2D eigenvalue weighted by Crippen LogP contribution is 2.23. The summed E-state index contributed by atoms with van der Waals surface area (Å²) < 4.78 is 0. The zero-order valence-electron chi connectivity index (χ0n) is 8.07. The van der Waals surface area contributed by atoms with E-state index in [1.165, 1.54) is 0 Å². The highest BCUT2D eigenvalue weighted by atomic mass is 16.3. The van der Waals surface area contributed by atoms with Crippen LogP contribution >= 0.6 is 0 Å². The number of rotatable bonds is 1. The molecule has 72 valence electrons. The molecule has 1 fully saturated rings. The maximum Gasteiger partial charge on any atom is 0.0745 e. The van der Waals surface area contributed by atoms with Crippen molar-refractivity contribution < 1.29 is 10.2 Å². The first-order valence-corrected chi connectivity index (χ1v) is 4.64. The van der Waals surface area contributed by atoms with E-state index >= 15 is 0 Å². The van der Waals surface area contributed by atoms with Crippen LogP contribution in [0.2, 0.25) is 0 Å². The fraction of sp³-hybridized carbons (Fsp3) is 1.00. The number of aliphatic hydroxyl groups excluding tert-OH is 2. The summed E-state index contributed by atoms with van der Waals surface area (Å²) >= 11 is 0. The molecule has 0 aliphatic carbocycles.